The largest absolute Gasteiger partial charge is 0.371 e. The van der Waals surface area contributed by atoms with Crippen molar-refractivity contribution in [1.82, 2.24) is 4.98 Å². The lowest BCUT2D eigenvalue weighted by Crippen LogP contribution is -2.34. The Morgan fingerprint density at radius 2 is 2.22 bits per heavy atom. The second kappa shape index (κ2) is 4.77. The molecule has 1 aromatic carbocycles. The molecular formula is C15H17ClN2. The molecular weight excluding hydrogens is 244 g/mol. The lowest BCUT2D eigenvalue weighted by atomic mass is 9.99. The van der Waals surface area contributed by atoms with E-state index >= 15 is 0 Å². The molecule has 0 bridgehead atoms. The standard InChI is InChI=1S/C15H17ClN2/c1-11-4-3-9-18(10-11)14-7-6-13(16)15-12(14)5-2-8-17-15/h2,5-8,11H,3-4,9-10H2,1H3/t11-/m0/s1. The van der Waals surface area contributed by atoms with Gasteiger partial charge in [-0.1, -0.05) is 18.5 Å². The Morgan fingerprint density at radius 3 is 3.06 bits per heavy atom. The zero-order chi connectivity index (χ0) is 12.5. The summed E-state index contributed by atoms with van der Waals surface area (Å²) in [6.45, 7) is 4.59. The average Bonchev–Trinajstić information content (AvgIpc) is 2.39. The second-order valence-corrected chi connectivity index (χ2v) is 5.57. The molecule has 1 aliphatic rings. The molecule has 0 aliphatic carbocycles. The summed E-state index contributed by atoms with van der Waals surface area (Å²) < 4.78 is 0. The van der Waals surface area contributed by atoms with Crippen molar-refractivity contribution < 1.29 is 0 Å². The fourth-order valence-electron chi connectivity index (χ4n) is 2.81. The number of pyridine rings is 1. The van der Waals surface area contributed by atoms with Crippen molar-refractivity contribution in [1.29, 1.82) is 0 Å². The van der Waals surface area contributed by atoms with Crippen LogP contribution in [0.5, 0.6) is 0 Å². The first kappa shape index (κ1) is 11.8. The van der Waals surface area contributed by atoms with Gasteiger partial charge in [0.15, 0.2) is 0 Å². The Labute approximate surface area is 113 Å². The normalized spacial score (nSPS) is 20.3. The summed E-state index contributed by atoms with van der Waals surface area (Å²) in [6, 6.07) is 8.19. The molecule has 1 atom stereocenters. The van der Waals surface area contributed by atoms with Gasteiger partial charge in [0.05, 0.1) is 10.5 Å². The molecule has 0 spiro atoms. The average molecular weight is 261 g/mol. The minimum Gasteiger partial charge on any atom is -0.371 e. The van der Waals surface area contributed by atoms with Crippen LogP contribution in [0.1, 0.15) is 19.8 Å². The lowest BCUT2D eigenvalue weighted by molar-refractivity contribution is 0.447. The van der Waals surface area contributed by atoms with Gasteiger partial charge in [-0.2, -0.15) is 0 Å². The zero-order valence-corrected chi connectivity index (χ0v) is 11.3. The van der Waals surface area contributed by atoms with Gasteiger partial charge in [-0.25, -0.2) is 0 Å². The maximum absolute atomic E-state index is 6.22. The van der Waals surface area contributed by atoms with Crippen molar-refractivity contribution in [3.8, 4) is 0 Å². The number of aromatic nitrogens is 1. The molecule has 0 amide bonds. The fourth-order valence-corrected chi connectivity index (χ4v) is 3.02. The summed E-state index contributed by atoms with van der Waals surface area (Å²) in [5.41, 5.74) is 2.18. The van der Waals surface area contributed by atoms with Gasteiger partial charge in [0, 0.05) is 30.4 Å². The highest BCUT2D eigenvalue weighted by Crippen LogP contribution is 2.32. The third kappa shape index (κ3) is 2.05. The van der Waals surface area contributed by atoms with Crippen LogP contribution >= 0.6 is 11.6 Å². The summed E-state index contributed by atoms with van der Waals surface area (Å²) in [4.78, 5) is 6.86. The fraction of sp³-hybridized carbons (Fsp3) is 0.400. The SMILES string of the molecule is C[C@H]1CCCN(c2ccc(Cl)c3ncccc23)C1. The molecule has 2 nitrogen and oxygen atoms in total. The van der Waals surface area contributed by atoms with Gasteiger partial charge in [-0.05, 0) is 43.0 Å². The Morgan fingerprint density at radius 1 is 1.33 bits per heavy atom. The van der Waals surface area contributed by atoms with E-state index in [1.165, 1.54) is 23.9 Å². The predicted molar refractivity (Wildman–Crippen MR) is 77.4 cm³/mol. The Bertz CT molecular complexity index is 567. The summed E-state index contributed by atoms with van der Waals surface area (Å²) in [6.07, 6.45) is 4.41. The van der Waals surface area contributed by atoms with Crippen molar-refractivity contribution >= 4 is 28.2 Å². The van der Waals surface area contributed by atoms with E-state index in [1.54, 1.807) is 6.20 Å². The van der Waals surface area contributed by atoms with E-state index in [-0.39, 0.29) is 0 Å². The van der Waals surface area contributed by atoms with Crippen molar-refractivity contribution in [3.63, 3.8) is 0 Å². The van der Waals surface area contributed by atoms with Crippen LogP contribution in [0.4, 0.5) is 5.69 Å². The number of anilines is 1. The van der Waals surface area contributed by atoms with Crippen LogP contribution in [-0.4, -0.2) is 18.1 Å². The Hall–Kier alpha value is -1.28. The number of hydrogen-bond acceptors (Lipinski definition) is 2. The third-order valence-corrected chi connectivity index (χ3v) is 4.00. The van der Waals surface area contributed by atoms with Crippen molar-refractivity contribution in [2.45, 2.75) is 19.8 Å². The maximum atomic E-state index is 6.22. The van der Waals surface area contributed by atoms with E-state index in [0.717, 1.165) is 29.5 Å². The van der Waals surface area contributed by atoms with Crippen LogP contribution in [0.25, 0.3) is 10.9 Å². The summed E-state index contributed by atoms with van der Waals surface area (Å²) in [5.74, 6) is 0.765. The highest BCUT2D eigenvalue weighted by molar-refractivity contribution is 6.35. The number of halogens is 1. The number of nitrogens with zero attached hydrogens (tertiary/aromatic N) is 2. The van der Waals surface area contributed by atoms with Gasteiger partial charge in [0.2, 0.25) is 0 Å². The molecule has 1 fully saturated rings. The maximum Gasteiger partial charge on any atom is 0.0908 e. The third-order valence-electron chi connectivity index (χ3n) is 3.70. The number of fused-ring (bicyclic) bond motifs is 1. The van der Waals surface area contributed by atoms with Crippen molar-refractivity contribution in [3.05, 3.63) is 35.5 Å². The smallest absolute Gasteiger partial charge is 0.0908 e. The minimum absolute atomic E-state index is 0.736. The van der Waals surface area contributed by atoms with Crippen LogP contribution in [0.3, 0.4) is 0 Å². The predicted octanol–water partition coefficient (Wildman–Crippen LogP) is 4.12. The highest BCUT2D eigenvalue weighted by atomic mass is 35.5. The van der Waals surface area contributed by atoms with Crippen LogP contribution in [0.2, 0.25) is 5.02 Å². The van der Waals surface area contributed by atoms with E-state index in [1.807, 2.05) is 12.1 Å². The molecule has 3 heteroatoms. The van der Waals surface area contributed by atoms with Gasteiger partial charge in [0.1, 0.15) is 0 Å². The molecule has 18 heavy (non-hydrogen) atoms. The summed E-state index contributed by atoms with van der Waals surface area (Å²) in [5, 5.41) is 1.90. The molecule has 2 aromatic rings. The molecule has 0 saturated carbocycles. The lowest BCUT2D eigenvalue weighted by Gasteiger charge is -2.33. The molecule has 2 heterocycles. The number of benzene rings is 1. The molecule has 0 unspecified atom stereocenters. The second-order valence-electron chi connectivity index (χ2n) is 5.16. The Kier molecular flexibility index (Phi) is 3.13. The van der Waals surface area contributed by atoms with Gasteiger partial charge < -0.3 is 4.90 Å². The molecule has 3 rings (SSSR count). The quantitative estimate of drug-likeness (QED) is 0.767. The summed E-state index contributed by atoms with van der Waals surface area (Å²) in [7, 11) is 0. The van der Waals surface area contributed by atoms with Crippen molar-refractivity contribution in [2.24, 2.45) is 5.92 Å². The van der Waals surface area contributed by atoms with Gasteiger partial charge in [0.25, 0.3) is 0 Å². The molecule has 1 aromatic heterocycles. The molecule has 0 radical (unpaired) electrons. The van der Waals surface area contributed by atoms with E-state index in [2.05, 4.69) is 28.9 Å². The van der Waals surface area contributed by atoms with Gasteiger partial charge in [-0.15, -0.1) is 0 Å². The molecule has 94 valence electrons. The van der Waals surface area contributed by atoms with Gasteiger partial charge in [-0.3, -0.25) is 4.98 Å². The van der Waals surface area contributed by atoms with Crippen LogP contribution in [0.15, 0.2) is 30.5 Å². The first-order valence-corrected chi connectivity index (χ1v) is 6.91. The highest BCUT2D eigenvalue weighted by Gasteiger charge is 2.18. The first-order valence-electron chi connectivity index (χ1n) is 6.54. The number of piperidine rings is 1. The van der Waals surface area contributed by atoms with E-state index < -0.39 is 0 Å². The zero-order valence-electron chi connectivity index (χ0n) is 10.6. The van der Waals surface area contributed by atoms with E-state index in [0.29, 0.717) is 0 Å². The van der Waals surface area contributed by atoms with E-state index in [4.69, 9.17) is 11.6 Å². The first-order chi connectivity index (χ1) is 8.75. The number of rotatable bonds is 1. The molecule has 0 N–H and O–H groups in total. The number of hydrogen-bond donors (Lipinski definition) is 0. The topological polar surface area (TPSA) is 16.1 Å². The van der Waals surface area contributed by atoms with Crippen LogP contribution in [-0.2, 0) is 0 Å². The monoisotopic (exact) mass is 260 g/mol. The Balaban J connectivity index is 2.09. The van der Waals surface area contributed by atoms with E-state index in [9.17, 15) is 0 Å². The van der Waals surface area contributed by atoms with Crippen LogP contribution < -0.4 is 4.90 Å². The molecule has 1 saturated heterocycles. The van der Waals surface area contributed by atoms with Gasteiger partial charge >= 0.3 is 0 Å². The van der Waals surface area contributed by atoms with Crippen molar-refractivity contribution in [2.75, 3.05) is 18.0 Å². The van der Waals surface area contributed by atoms with Crippen LogP contribution in [0, 0.1) is 5.92 Å². The minimum atomic E-state index is 0.736. The summed E-state index contributed by atoms with van der Waals surface area (Å²) >= 11 is 6.22. The molecule has 1 aliphatic heterocycles.